The second kappa shape index (κ2) is 8.19. The summed E-state index contributed by atoms with van der Waals surface area (Å²) < 4.78 is 19.1. The summed E-state index contributed by atoms with van der Waals surface area (Å²) in [5.41, 5.74) is -0.174. The molecule has 5 nitrogen and oxygen atoms in total. The van der Waals surface area contributed by atoms with Gasteiger partial charge in [-0.15, -0.1) is 0 Å². The molecule has 2 heterocycles. The molecule has 27 heavy (non-hydrogen) atoms. The van der Waals surface area contributed by atoms with Crippen LogP contribution in [-0.2, 0) is 24.6 Å². The molecule has 0 radical (unpaired) electrons. The van der Waals surface area contributed by atoms with Crippen LogP contribution in [0.5, 0.6) is 0 Å². The minimum atomic E-state index is -0.545. The first-order valence-corrected chi connectivity index (χ1v) is 10.5. The summed E-state index contributed by atoms with van der Waals surface area (Å²) >= 11 is 3.57. The molecule has 0 saturated carbocycles. The van der Waals surface area contributed by atoms with Gasteiger partial charge in [0.1, 0.15) is 12.2 Å². The highest BCUT2D eigenvalue weighted by molar-refractivity contribution is 9.10. The molecule has 0 aromatic heterocycles. The van der Waals surface area contributed by atoms with Crippen molar-refractivity contribution in [2.24, 2.45) is 0 Å². The third kappa shape index (κ3) is 5.31. The molecule has 0 amide bonds. The van der Waals surface area contributed by atoms with E-state index >= 15 is 0 Å². The Morgan fingerprint density at radius 3 is 2.67 bits per heavy atom. The molecule has 1 atom stereocenters. The molecule has 1 N–H and O–H groups in total. The van der Waals surface area contributed by atoms with E-state index in [1.54, 1.807) is 0 Å². The first-order valence-electron chi connectivity index (χ1n) is 9.69. The summed E-state index contributed by atoms with van der Waals surface area (Å²) in [5.74, 6) is -0.331. The van der Waals surface area contributed by atoms with Crippen LogP contribution >= 0.6 is 15.9 Å². The zero-order valence-electron chi connectivity index (χ0n) is 16.5. The zero-order valence-corrected chi connectivity index (χ0v) is 18.1. The monoisotopic (exact) mass is 439 g/mol. The molecule has 2 aliphatic rings. The highest BCUT2D eigenvalue weighted by atomic mass is 79.9. The predicted molar refractivity (Wildman–Crippen MR) is 108 cm³/mol. The standard InChI is InChI=1S/C21H30BrNO4/c1-19(2,3)27-18(24)14-26-21(16-5-4-6-17(22)13-16)9-12-25-20(15-21)7-10-23-11-8-20/h4-6,13,23H,7-12,14-15H2,1-3H3. The lowest BCUT2D eigenvalue weighted by Crippen LogP contribution is -2.53. The van der Waals surface area contributed by atoms with Crippen molar-refractivity contribution in [3.63, 3.8) is 0 Å². The summed E-state index contributed by atoms with van der Waals surface area (Å²) in [6.07, 6.45) is 3.39. The van der Waals surface area contributed by atoms with Gasteiger partial charge < -0.3 is 19.5 Å². The molecule has 2 fully saturated rings. The average molecular weight is 440 g/mol. The molecule has 2 aliphatic heterocycles. The Labute approximate surface area is 170 Å². The first kappa shape index (κ1) is 20.8. The van der Waals surface area contributed by atoms with Crippen molar-refractivity contribution in [1.82, 2.24) is 5.32 Å². The van der Waals surface area contributed by atoms with E-state index in [9.17, 15) is 4.79 Å². The molecule has 3 rings (SSSR count). The molecular formula is C21H30BrNO4. The van der Waals surface area contributed by atoms with Crippen LogP contribution in [0.25, 0.3) is 0 Å². The van der Waals surface area contributed by atoms with Crippen LogP contribution in [0.3, 0.4) is 0 Å². The second-order valence-electron chi connectivity index (χ2n) is 8.59. The molecule has 1 aromatic rings. The maximum absolute atomic E-state index is 12.3. The molecular weight excluding hydrogens is 410 g/mol. The summed E-state index contributed by atoms with van der Waals surface area (Å²) in [6.45, 7) is 8.06. The smallest absolute Gasteiger partial charge is 0.332 e. The maximum Gasteiger partial charge on any atom is 0.332 e. The van der Waals surface area contributed by atoms with Gasteiger partial charge in [-0.2, -0.15) is 0 Å². The van der Waals surface area contributed by atoms with Crippen molar-refractivity contribution >= 4 is 21.9 Å². The van der Waals surface area contributed by atoms with Gasteiger partial charge in [0, 0.05) is 17.3 Å². The van der Waals surface area contributed by atoms with Gasteiger partial charge >= 0.3 is 5.97 Å². The molecule has 150 valence electrons. The van der Waals surface area contributed by atoms with Crippen molar-refractivity contribution in [1.29, 1.82) is 0 Å². The molecule has 1 aromatic carbocycles. The fourth-order valence-electron chi connectivity index (χ4n) is 4.09. The van der Waals surface area contributed by atoms with Gasteiger partial charge in [0.2, 0.25) is 0 Å². The van der Waals surface area contributed by atoms with E-state index in [1.165, 1.54) is 0 Å². The number of ether oxygens (including phenoxy) is 3. The topological polar surface area (TPSA) is 56.8 Å². The van der Waals surface area contributed by atoms with E-state index in [1.807, 2.05) is 32.9 Å². The Morgan fingerprint density at radius 1 is 1.26 bits per heavy atom. The minimum Gasteiger partial charge on any atom is -0.458 e. The number of nitrogens with one attached hydrogen (secondary N) is 1. The van der Waals surface area contributed by atoms with E-state index in [4.69, 9.17) is 14.2 Å². The van der Waals surface area contributed by atoms with E-state index in [-0.39, 0.29) is 18.2 Å². The van der Waals surface area contributed by atoms with E-state index in [0.717, 1.165) is 48.8 Å². The average Bonchev–Trinajstić information content (AvgIpc) is 2.59. The number of hydrogen-bond donors (Lipinski definition) is 1. The maximum atomic E-state index is 12.3. The largest absolute Gasteiger partial charge is 0.458 e. The number of carbonyl (C=O) groups is 1. The van der Waals surface area contributed by atoms with Gasteiger partial charge in [0.05, 0.1) is 17.8 Å². The van der Waals surface area contributed by atoms with Gasteiger partial charge in [-0.05, 0) is 64.4 Å². The number of rotatable bonds is 4. The quantitative estimate of drug-likeness (QED) is 0.719. The van der Waals surface area contributed by atoms with Crippen LogP contribution in [-0.4, -0.2) is 43.5 Å². The SMILES string of the molecule is CC(C)(C)OC(=O)COC1(c2cccc(Br)c2)CCOC2(CCNCC2)C1. The zero-order chi connectivity index (χ0) is 19.5. The van der Waals surface area contributed by atoms with Crippen LogP contribution in [0.1, 0.15) is 52.0 Å². The molecule has 1 unspecified atom stereocenters. The van der Waals surface area contributed by atoms with Crippen LogP contribution in [0.15, 0.2) is 28.7 Å². The molecule has 1 spiro atoms. The van der Waals surface area contributed by atoms with E-state index in [2.05, 4.69) is 33.4 Å². The van der Waals surface area contributed by atoms with Crippen LogP contribution in [0.4, 0.5) is 0 Å². The molecule has 2 saturated heterocycles. The predicted octanol–water partition coefficient (Wildman–Crippen LogP) is 3.94. The summed E-state index contributed by atoms with van der Waals surface area (Å²) in [6, 6.07) is 8.20. The number of piperidine rings is 1. The molecule has 6 heteroatoms. The van der Waals surface area contributed by atoms with Gasteiger partial charge in [-0.25, -0.2) is 4.79 Å². The normalized spacial score (nSPS) is 25.3. The second-order valence-corrected chi connectivity index (χ2v) is 9.50. The summed E-state index contributed by atoms with van der Waals surface area (Å²) in [7, 11) is 0. The Morgan fingerprint density at radius 2 is 2.00 bits per heavy atom. The number of carbonyl (C=O) groups excluding carboxylic acids is 1. The molecule has 0 bridgehead atoms. The van der Waals surface area contributed by atoms with Crippen LogP contribution in [0.2, 0.25) is 0 Å². The van der Waals surface area contributed by atoms with E-state index in [0.29, 0.717) is 6.61 Å². The lowest BCUT2D eigenvalue weighted by molar-refractivity contribution is -0.205. The van der Waals surface area contributed by atoms with E-state index < -0.39 is 11.2 Å². The van der Waals surface area contributed by atoms with Gasteiger partial charge in [0.25, 0.3) is 0 Å². The first-order chi connectivity index (χ1) is 12.7. The van der Waals surface area contributed by atoms with Gasteiger partial charge in [-0.1, -0.05) is 28.1 Å². The number of halogens is 1. The van der Waals surface area contributed by atoms with Gasteiger partial charge in [0.15, 0.2) is 0 Å². The highest BCUT2D eigenvalue weighted by Gasteiger charge is 2.48. The fraction of sp³-hybridized carbons (Fsp3) is 0.667. The summed E-state index contributed by atoms with van der Waals surface area (Å²) in [5, 5.41) is 3.41. The highest BCUT2D eigenvalue weighted by Crippen LogP contribution is 2.46. The Balaban J connectivity index is 1.84. The van der Waals surface area contributed by atoms with Crippen LogP contribution in [0, 0.1) is 0 Å². The Bertz CT molecular complexity index is 661. The molecule has 0 aliphatic carbocycles. The number of hydrogen-bond acceptors (Lipinski definition) is 5. The van der Waals surface area contributed by atoms with Crippen molar-refractivity contribution in [3.8, 4) is 0 Å². The van der Waals surface area contributed by atoms with Crippen molar-refractivity contribution < 1.29 is 19.0 Å². The third-order valence-corrected chi connectivity index (χ3v) is 5.77. The third-order valence-electron chi connectivity index (χ3n) is 5.27. The van der Waals surface area contributed by atoms with Crippen molar-refractivity contribution in [2.75, 3.05) is 26.3 Å². The van der Waals surface area contributed by atoms with Crippen LogP contribution < -0.4 is 5.32 Å². The Kier molecular flexibility index (Phi) is 6.31. The number of esters is 1. The lowest BCUT2D eigenvalue weighted by atomic mass is 9.74. The minimum absolute atomic E-state index is 0.0574. The fourth-order valence-corrected chi connectivity index (χ4v) is 4.49. The van der Waals surface area contributed by atoms with Crippen molar-refractivity contribution in [3.05, 3.63) is 34.3 Å². The summed E-state index contributed by atoms with van der Waals surface area (Å²) in [4.78, 5) is 12.3. The van der Waals surface area contributed by atoms with Gasteiger partial charge in [-0.3, -0.25) is 0 Å². The Hall–Kier alpha value is -0.950. The number of benzene rings is 1. The lowest BCUT2D eigenvalue weighted by Gasteiger charge is -2.49. The van der Waals surface area contributed by atoms with Crippen molar-refractivity contribution in [2.45, 2.75) is 63.3 Å².